The van der Waals surface area contributed by atoms with Crippen LogP contribution in [0.5, 0.6) is 0 Å². The molecule has 7 heteroatoms. The van der Waals surface area contributed by atoms with Gasteiger partial charge in [-0.3, -0.25) is 4.79 Å². The number of nitrogens with two attached hydrogens (primary N) is 1. The number of fused-ring (bicyclic) bond motifs is 1. The molecule has 2 fully saturated rings. The zero-order chi connectivity index (χ0) is 18.4. The molecule has 138 valence electrons. The summed E-state index contributed by atoms with van der Waals surface area (Å²) in [5.41, 5.74) is 5.88. The lowest BCUT2D eigenvalue weighted by atomic mass is 9.96. The molecule has 0 atom stereocenters. The highest BCUT2D eigenvalue weighted by Gasteiger charge is 2.28. The lowest BCUT2D eigenvalue weighted by Crippen LogP contribution is -2.36. The van der Waals surface area contributed by atoms with Gasteiger partial charge in [0.15, 0.2) is 0 Å². The van der Waals surface area contributed by atoms with E-state index in [2.05, 4.69) is 0 Å². The van der Waals surface area contributed by atoms with E-state index < -0.39 is 17.2 Å². The second-order valence-electron chi connectivity index (χ2n) is 7.30. The van der Waals surface area contributed by atoms with Crippen LogP contribution in [0.3, 0.4) is 0 Å². The van der Waals surface area contributed by atoms with Crippen LogP contribution in [0.15, 0.2) is 23.1 Å². The van der Waals surface area contributed by atoms with E-state index in [4.69, 9.17) is 5.73 Å². The summed E-state index contributed by atoms with van der Waals surface area (Å²) in [7, 11) is 0. The number of pyridine rings is 1. The van der Waals surface area contributed by atoms with Crippen LogP contribution in [0.4, 0.5) is 10.1 Å². The monoisotopic (exact) mass is 359 g/mol. The molecule has 0 spiro atoms. The SMILES string of the molecule is NCC1CCN(c2cc3c(cc2F)c(=O)c(C(=O)O)cn3C2CC2)CC1. The lowest BCUT2D eigenvalue weighted by Gasteiger charge is -2.33. The molecule has 1 aliphatic heterocycles. The number of rotatable bonds is 4. The van der Waals surface area contributed by atoms with Crippen molar-refractivity contribution in [1.82, 2.24) is 4.57 Å². The van der Waals surface area contributed by atoms with Gasteiger partial charge in [-0.25, -0.2) is 9.18 Å². The number of anilines is 1. The average Bonchev–Trinajstić information content (AvgIpc) is 3.47. The van der Waals surface area contributed by atoms with Crippen LogP contribution in [0.1, 0.15) is 42.1 Å². The Morgan fingerprint density at radius 3 is 2.50 bits per heavy atom. The van der Waals surface area contributed by atoms with E-state index in [0.717, 1.165) is 38.8 Å². The third-order valence-corrected chi connectivity index (χ3v) is 5.56. The van der Waals surface area contributed by atoms with E-state index in [9.17, 15) is 19.1 Å². The summed E-state index contributed by atoms with van der Waals surface area (Å²) < 4.78 is 16.6. The summed E-state index contributed by atoms with van der Waals surface area (Å²) in [4.78, 5) is 25.9. The number of hydrogen-bond donors (Lipinski definition) is 2. The second kappa shape index (κ2) is 6.39. The number of nitrogens with zero attached hydrogens (tertiary/aromatic N) is 2. The van der Waals surface area contributed by atoms with Crippen molar-refractivity contribution in [3.63, 3.8) is 0 Å². The van der Waals surface area contributed by atoms with Crippen LogP contribution < -0.4 is 16.1 Å². The van der Waals surface area contributed by atoms with E-state index >= 15 is 0 Å². The summed E-state index contributed by atoms with van der Waals surface area (Å²) >= 11 is 0. The van der Waals surface area contributed by atoms with Gasteiger partial charge in [0.05, 0.1) is 11.2 Å². The van der Waals surface area contributed by atoms with Crippen LogP contribution in [-0.4, -0.2) is 35.3 Å². The van der Waals surface area contributed by atoms with Crippen molar-refractivity contribution < 1.29 is 14.3 Å². The first-order valence-corrected chi connectivity index (χ1v) is 9.06. The van der Waals surface area contributed by atoms with Crippen LogP contribution in [0.25, 0.3) is 10.9 Å². The Bertz CT molecular complexity index is 928. The smallest absolute Gasteiger partial charge is 0.341 e. The molecule has 1 aromatic heterocycles. The van der Waals surface area contributed by atoms with Gasteiger partial charge in [-0.05, 0) is 50.3 Å². The van der Waals surface area contributed by atoms with Crippen molar-refractivity contribution >= 4 is 22.6 Å². The number of hydrogen-bond acceptors (Lipinski definition) is 4. The third-order valence-electron chi connectivity index (χ3n) is 5.56. The van der Waals surface area contributed by atoms with Crippen molar-refractivity contribution in [2.24, 2.45) is 11.7 Å². The van der Waals surface area contributed by atoms with Crippen molar-refractivity contribution in [2.75, 3.05) is 24.5 Å². The summed E-state index contributed by atoms with van der Waals surface area (Å²) in [6, 6.07) is 3.09. The fourth-order valence-corrected chi connectivity index (χ4v) is 3.82. The molecule has 3 N–H and O–H groups in total. The van der Waals surface area contributed by atoms with E-state index in [1.165, 1.54) is 12.3 Å². The molecule has 0 unspecified atom stereocenters. The number of carboxylic acids is 1. The Morgan fingerprint density at radius 1 is 1.23 bits per heavy atom. The highest BCUT2D eigenvalue weighted by molar-refractivity contribution is 5.93. The molecule has 0 radical (unpaired) electrons. The molecule has 1 aliphatic carbocycles. The predicted octanol–water partition coefficient (Wildman–Crippen LogP) is 2.35. The highest BCUT2D eigenvalue weighted by Crippen LogP contribution is 2.38. The third kappa shape index (κ3) is 2.86. The topological polar surface area (TPSA) is 88.6 Å². The first-order chi connectivity index (χ1) is 12.5. The van der Waals surface area contributed by atoms with E-state index in [1.807, 2.05) is 9.47 Å². The minimum Gasteiger partial charge on any atom is -0.477 e. The number of carbonyl (C=O) groups is 1. The van der Waals surface area contributed by atoms with Crippen LogP contribution in [0, 0.1) is 11.7 Å². The molecule has 1 saturated carbocycles. The Hall–Kier alpha value is -2.41. The van der Waals surface area contributed by atoms with Crippen molar-refractivity contribution in [3.05, 3.63) is 39.9 Å². The molecule has 2 aromatic rings. The van der Waals surface area contributed by atoms with Gasteiger partial charge in [0.1, 0.15) is 11.4 Å². The zero-order valence-corrected chi connectivity index (χ0v) is 14.4. The molecule has 0 amide bonds. The molecular formula is C19H22FN3O3. The number of aromatic carboxylic acids is 1. The normalized spacial score (nSPS) is 18.5. The van der Waals surface area contributed by atoms with E-state index in [0.29, 0.717) is 23.7 Å². The predicted molar refractivity (Wildman–Crippen MR) is 97.4 cm³/mol. The Balaban J connectivity index is 1.83. The van der Waals surface area contributed by atoms with Crippen LogP contribution in [-0.2, 0) is 0 Å². The Kier molecular flexibility index (Phi) is 4.19. The first kappa shape index (κ1) is 17.0. The maximum absolute atomic E-state index is 14.8. The van der Waals surface area contributed by atoms with Gasteiger partial charge in [-0.2, -0.15) is 0 Å². The second-order valence-corrected chi connectivity index (χ2v) is 7.30. The fraction of sp³-hybridized carbons (Fsp3) is 0.474. The van der Waals surface area contributed by atoms with Gasteiger partial charge in [0.25, 0.3) is 0 Å². The number of piperidine rings is 1. The maximum atomic E-state index is 14.8. The Morgan fingerprint density at radius 2 is 1.92 bits per heavy atom. The van der Waals surface area contributed by atoms with Crippen molar-refractivity contribution in [3.8, 4) is 0 Å². The maximum Gasteiger partial charge on any atom is 0.341 e. The van der Waals surface area contributed by atoms with Crippen molar-refractivity contribution in [1.29, 1.82) is 0 Å². The number of halogens is 1. The average molecular weight is 359 g/mol. The highest BCUT2D eigenvalue weighted by atomic mass is 19.1. The summed E-state index contributed by atoms with van der Waals surface area (Å²) in [5.74, 6) is -1.29. The summed E-state index contributed by atoms with van der Waals surface area (Å²) in [6.45, 7) is 2.10. The van der Waals surface area contributed by atoms with Gasteiger partial charge < -0.3 is 20.3 Å². The van der Waals surface area contributed by atoms with Gasteiger partial charge in [-0.15, -0.1) is 0 Å². The first-order valence-electron chi connectivity index (χ1n) is 9.06. The number of aromatic nitrogens is 1. The Labute approximate surface area is 150 Å². The van der Waals surface area contributed by atoms with Crippen molar-refractivity contribution in [2.45, 2.75) is 31.7 Å². The van der Waals surface area contributed by atoms with Gasteiger partial charge in [0, 0.05) is 30.7 Å². The summed E-state index contributed by atoms with van der Waals surface area (Å²) in [5, 5.41) is 9.44. The molecule has 2 heterocycles. The lowest BCUT2D eigenvalue weighted by molar-refractivity contribution is 0.0695. The molecule has 0 bridgehead atoms. The molecule has 6 nitrogen and oxygen atoms in total. The minimum absolute atomic E-state index is 0.134. The minimum atomic E-state index is -1.28. The molecule has 2 aliphatic rings. The van der Waals surface area contributed by atoms with Gasteiger partial charge in [-0.1, -0.05) is 0 Å². The van der Waals surface area contributed by atoms with Gasteiger partial charge in [0.2, 0.25) is 5.43 Å². The molecule has 4 rings (SSSR count). The zero-order valence-electron chi connectivity index (χ0n) is 14.4. The van der Waals surface area contributed by atoms with E-state index in [1.54, 1.807) is 6.07 Å². The number of carboxylic acid groups (broad SMARTS) is 1. The largest absolute Gasteiger partial charge is 0.477 e. The van der Waals surface area contributed by atoms with Gasteiger partial charge >= 0.3 is 5.97 Å². The standard InChI is InChI=1S/C19H22FN3O3/c20-15-7-13-16(8-17(15)22-5-3-11(9-21)4-6-22)23(12-1-2-12)10-14(18(13)24)19(25)26/h7-8,10-12H,1-6,9,21H2,(H,25,26). The molecule has 1 saturated heterocycles. The van der Waals surface area contributed by atoms with E-state index in [-0.39, 0.29) is 17.0 Å². The quantitative estimate of drug-likeness (QED) is 0.875. The number of benzene rings is 1. The molecule has 1 aromatic carbocycles. The summed E-state index contributed by atoms with van der Waals surface area (Å²) in [6.07, 6.45) is 5.12. The molecule has 26 heavy (non-hydrogen) atoms. The molecular weight excluding hydrogens is 337 g/mol. The van der Waals surface area contributed by atoms with Crippen LogP contribution in [0.2, 0.25) is 0 Å². The fourth-order valence-electron chi connectivity index (χ4n) is 3.82. The van der Waals surface area contributed by atoms with Crippen LogP contribution >= 0.6 is 0 Å².